The zero-order valence-electron chi connectivity index (χ0n) is 18.9. The van der Waals surface area contributed by atoms with Crippen molar-refractivity contribution >= 4 is 11.8 Å². The number of nitrogens with zero attached hydrogens (tertiary/aromatic N) is 3. The average molecular weight is 434 g/mol. The molecule has 2 amide bonds. The van der Waals surface area contributed by atoms with Crippen LogP contribution < -0.4 is 4.74 Å². The lowest BCUT2D eigenvalue weighted by molar-refractivity contribution is -0.136. The summed E-state index contributed by atoms with van der Waals surface area (Å²) < 4.78 is 5.49. The standard InChI is InChI=1S/C26H31N3O3/c1-3-27-13-15-28(16-14-27)26(31)23-21-9-4-5-10-22(21)25(30)29(19-11-12-19)24(23)18-7-6-8-20(17-18)32-2/h4-10,17,19,23-24H,3,11-16H2,1-2H3. The van der Waals surface area contributed by atoms with Crippen molar-refractivity contribution in [1.82, 2.24) is 14.7 Å². The second-order valence-corrected chi connectivity index (χ2v) is 8.99. The van der Waals surface area contributed by atoms with Crippen LogP contribution in [0.4, 0.5) is 0 Å². The molecule has 2 unspecified atom stereocenters. The summed E-state index contributed by atoms with van der Waals surface area (Å²) in [4.78, 5) is 34.1. The average Bonchev–Trinajstić information content (AvgIpc) is 3.69. The summed E-state index contributed by atoms with van der Waals surface area (Å²) in [5.74, 6) is 0.493. The van der Waals surface area contributed by atoms with Crippen LogP contribution in [-0.4, -0.2) is 72.4 Å². The Morgan fingerprint density at radius 3 is 2.47 bits per heavy atom. The van der Waals surface area contributed by atoms with E-state index in [1.807, 2.05) is 58.3 Å². The fraction of sp³-hybridized carbons (Fsp3) is 0.462. The Kier molecular flexibility index (Phi) is 5.64. The lowest BCUT2D eigenvalue weighted by Crippen LogP contribution is -2.53. The molecule has 2 atom stereocenters. The van der Waals surface area contributed by atoms with Crippen LogP contribution in [-0.2, 0) is 4.79 Å². The van der Waals surface area contributed by atoms with Crippen molar-refractivity contribution in [2.45, 2.75) is 37.8 Å². The van der Waals surface area contributed by atoms with E-state index in [4.69, 9.17) is 4.74 Å². The molecule has 1 saturated heterocycles. The molecule has 168 valence electrons. The first-order valence-corrected chi connectivity index (χ1v) is 11.7. The number of piperazine rings is 1. The van der Waals surface area contributed by atoms with Crippen LogP contribution in [0, 0.1) is 0 Å². The Labute approximate surface area is 189 Å². The highest BCUT2D eigenvalue weighted by atomic mass is 16.5. The molecule has 5 rings (SSSR count). The molecule has 3 aliphatic rings. The second-order valence-electron chi connectivity index (χ2n) is 8.99. The molecule has 2 aromatic rings. The van der Waals surface area contributed by atoms with E-state index in [1.165, 1.54) is 0 Å². The monoisotopic (exact) mass is 433 g/mol. The van der Waals surface area contributed by atoms with Gasteiger partial charge >= 0.3 is 0 Å². The van der Waals surface area contributed by atoms with Gasteiger partial charge in [0, 0.05) is 37.8 Å². The summed E-state index contributed by atoms with van der Waals surface area (Å²) in [6, 6.07) is 15.4. The van der Waals surface area contributed by atoms with E-state index in [1.54, 1.807) is 7.11 Å². The van der Waals surface area contributed by atoms with Crippen molar-refractivity contribution in [2.75, 3.05) is 39.8 Å². The number of fused-ring (bicyclic) bond motifs is 1. The molecule has 6 heteroatoms. The van der Waals surface area contributed by atoms with Crippen LogP contribution >= 0.6 is 0 Å². The van der Waals surface area contributed by atoms with Crippen molar-refractivity contribution in [1.29, 1.82) is 0 Å². The Bertz CT molecular complexity index is 1010. The van der Waals surface area contributed by atoms with Crippen molar-refractivity contribution in [2.24, 2.45) is 0 Å². The van der Waals surface area contributed by atoms with E-state index < -0.39 is 5.92 Å². The molecule has 2 fully saturated rings. The third kappa shape index (κ3) is 3.66. The SMILES string of the molecule is CCN1CCN(C(=O)C2c3ccccc3C(=O)N(C3CC3)C2c2cccc(OC)c2)CC1. The van der Waals surface area contributed by atoms with E-state index in [9.17, 15) is 9.59 Å². The minimum atomic E-state index is -0.412. The molecule has 2 heterocycles. The number of amides is 2. The second kappa shape index (κ2) is 8.58. The smallest absolute Gasteiger partial charge is 0.254 e. The Hall–Kier alpha value is -2.86. The molecule has 1 aliphatic carbocycles. The fourth-order valence-corrected chi connectivity index (χ4v) is 5.23. The number of carbonyl (C=O) groups excluding carboxylic acids is 2. The van der Waals surface area contributed by atoms with Gasteiger partial charge in [-0.25, -0.2) is 0 Å². The van der Waals surface area contributed by atoms with E-state index in [-0.39, 0.29) is 23.9 Å². The van der Waals surface area contributed by atoms with Crippen LogP contribution in [0.5, 0.6) is 5.75 Å². The van der Waals surface area contributed by atoms with Gasteiger partial charge < -0.3 is 19.4 Å². The van der Waals surface area contributed by atoms with E-state index in [2.05, 4.69) is 11.8 Å². The van der Waals surface area contributed by atoms with Crippen LogP contribution in [0.25, 0.3) is 0 Å². The highest BCUT2D eigenvalue weighted by Gasteiger charge is 2.50. The number of ether oxygens (including phenoxy) is 1. The minimum Gasteiger partial charge on any atom is -0.497 e. The maximum absolute atomic E-state index is 14.1. The third-order valence-electron chi connectivity index (χ3n) is 7.15. The van der Waals surface area contributed by atoms with Gasteiger partial charge in [0.1, 0.15) is 5.75 Å². The number of rotatable bonds is 5. The molecule has 2 aliphatic heterocycles. The predicted molar refractivity (Wildman–Crippen MR) is 123 cm³/mol. The first-order valence-electron chi connectivity index (χ1n) is 11.7. The summed E-state index contributed by atoms with van der Waals surface area (Å²) in [5, 5.41) is 0. The summed E-state index contributed by atoms with van der Waals surface area (Å²) in [5.41, 5.74) is 2.49. The maximum atomic E-state index is 14.1. The van der Waals surface area contributed by atoms with Gasteiger partial charge in [0.25, 0.3) is 5.91 Å². The third-order valence-corrected chi connectivity index (χ3v) is 7.15. The number of benzene rings is 2. The highest BCUT2D eigenvalue weighted by molar-refractivity contribution is 6.01. The normalized spacial score (nSPS) is 23.8. The fourth-order valence-electron chi connectivity index (χ4n) is 5.23. The number of hydrogen-bond acceptors (Lipinski definition) is 4. The molecule has 0 spiro atoms. The molecule has 0 N–H and O–H groups in total. The van der Waals surface area contributed by atoms with Gasteiger partial charge in [0.15, 0.2) is 0 Å². The number of hydrogen-bond donors (Lipinski definition) is 0. The minimum absolute atomic E-state index is 0.0378. The Morgan fingerprint density at radius 1 is 1.03 bits per heavy atom. The van der Waals surface area contributed by atoms with Crippen LogP contribution in [0.3, 0.4) is 0 Å². The molecule has 32 heavy (non-hydrogen) atoms. The van der Waals surface area contributed by atoms with Gasteiger partial charge in [-0.3, -0.25) is 9.59 Å². The van der Waals surface area contributed by atoms with Gasteiger partial charge in [-0.1, -0.05) is 37.3 Å². The summed E-state index contributed by atoms with van der Waals surface area (Å²) >= 11 is 0. The van der Waals surface area contributed by atoms with Gasteiger partial charge in [-0.05, 0) is 48.7 Å². The molecule has 0 radical (unpaired) electrons. The Morgan fingerprint density at radius 2 is 1.78 bits per heavy atom. The summed E-state index contributed by atoms with van der Waals surface area (Å²) in [6.45, 7) is 6.41. The number of methoxy groups -OCH3 is 1. The highest BCUT2D eigenvalue weighted by Crippen LogP contribution is 2.48. The van der Waals surface area contributed by atoms with Crippen LogP contribution in [0.1, 0.15) is 53.2 Å². The topological polar surface area (TPSA) is 53.1 Å². The molecular weight excluding hydrogens is 402 g/mol. The maximum Gasteiger partial charge on any atom is 0.254 e. The summed E-state index contributed by atoms with van der Waals surface area (Å²) in [6.07, 6.45) is 1.98. The molecule has 2 aromatic carbocycles. The van der Waals surface area contributed by atoms with Crippen molar-refractivity contribution < 1.29 is 14.3 Å². The van der Waals surface area contributed by atoms with Gasteiger partial charge in [0.05, 0.1) is 19.1 Å². The first kappa shape index (κ1) is 21.0. The van der Waals surface area contributed by atoms with E-state index in [0.29, 0.717) is 5.56 Å². The van der Waals surface area contributed by atoms with Crippen molar-refractivity contribution in [3.8, 4) is 5.75 Å². The molecule has 0 aromatic heterocycles. The number of carbonyl (C=O) groups is 2. The Balaban J connectivity index is 1.60. The molecule has 6 nitrogen and oxygen atoms in total. The zero-order chi connectivity index (χ0) is 22.2. The van der Waals surface area contributed by atoms with Gasteiger partial charge in [0.2, 0.25) is 5.91 Å². The van der Waals surface area contributed by atoms with Crippen LogP contribution in [0.2, 0.25) is 0 Å². The zero-order valence-corrected chi connectivity index (χ0v) is 18.9. The van der Waals surface area contributed by atoms with Crippen molar-refractivity contribution in [3.05, 3.63) is 65.2 Å². The molecular formula is C26H31N3O3. The lowest BCUT2D eigenvalue weighted by atomic mass is 9.78. The predicted octanol–water partition coefficient (Wildman–Crippen LogP) is 3.30. The number of likely N-dealkylation sites (N-methyl/N-ethyl adjacent to an activating group) is 1. The lowest BCUT2D eigenvalue weighted by Gasteiger charge is -2.44. The van der Waals surface area contributed by atoms with Gasteiger partial charge in [-0.2, -0.15) is 0 Å². The van der Waals surface area contributed by atoms with E-state index in [0.717, 1.165) is 62.4 Å². The van der Waals surface area contributed by atoms with Crippen molar-refractivity contribution in [3.63, 3.8) is 0 Å². The first-order chi connectivity index (χ1) is 15.6. The van der Waals surface area contributed by atoms with E-state index >= 15 is 0 Å². The molecule has 1 saturated carbocycles. The molecule has 0 bridgehead atoms. The summed E-state index contributed by atoms with van der Waals surface area (Å²) in [7, 11) is 1.65. The quantitative estimate of drug-likeness (QED) is 0.726. The largest absolute Gasteiger partial charge is 0.497 e. The van der Waals surface area contributed by atoms with Gasteiger partial charge in [-0.15, -0.1) is 0 Å². The van der Waals surface area contributed by atoms with Crippen LogP contribution in [0.15, 0.2) is 48.5 Å².